The molecular weight excluding hydrogens is 340 g/mol. The van der Waals surface area contributed by atoms with Crippen molar-refractivity contribution in [2.75, 3.05) is 0 Å². The Bertz CT molecular complexity index is 1200. The maximum absolute atomic E-state index is 4.76. The van der Waals surface area contributed by atoms with Gasteiger partial charge < -0.3 is 0 Å². The number of hydrogen-bond donors (Lipinski definition) is 0. The first kappa shape index (κ1) is 17.1. The molecule has 5 rings (SSSR count). The number of benzene rings is 3. The molecule has 3 aromatic carbocycles. The third-order valence-corrected chi connectivity index (χ3v) is 6.14. The van der Waals surface area contributed by atoms with Crippen LogP contribution in [-0.4, -0.2) is 9.97 Å². The van der Waals surface area contributed by atoms with E-state index in [9.17, 15) is 0 Å². The molecule has 1 aliphatic carbocycles. The standard InChI is InChI=1S/C26H24N2/c1-16(2)17-9-11-19(12-10-17)24-23-22-20-8-6-5-7-18(20)13-14-21(22)26(3,4)25(23)28-15-27-24/h5-16H,1-4H3. The van der Waals surface area contributed by atoms with Crippen LogP contribution in [0.15, 0.2) is 67.0 Å². The van der Waals surface area contributed by atoms with E-state index in [1.54, 1.807) is 6.33 Å². The Labute approximate surface area is 166 Å². The number of hydrogen-bond acceptors (Lipinski definition) is 2. The molecule has 28 heavy (non-hydrogen) atoms. The fraction of sp³-hybridized carbons (Fsp3) is 0.231. The second-order valence-electron chi connectivity index (χ2n) is 8.56. The lowest BCUT2D eigenvalue weighted by molar-refractivity contribution is 0.635. The highest BCUT2D eigenvalue weighted by Crippen LogP contribution is 2.52. The Morgan fingerprint density at radius 1 is 0.786 bits per heavy atom. The molecule has 0 atom stereocenters. The predicted octanol–water partition coefficient (Wildman–Crippen LogP) is 6.73. The van der Waals surface area contributed by atoms with Crippen molar-refractivity contribution in [2.45, 2.75) is 39.0 Å². The minimum atomic E-state index is -0.135. The van der Waals surface area contributed by atoms with Gasteiger partial charge in [0.15, 0.2) is 0 Å². The summed E-state index contributed by atoms with van der Waals surface area (Å²) in [4.78, 5) is 9.51. The fourth-order valence-electron chi connectivity index (χ4n) is 4.53. The molecule has 138 valence electrons. The van der Waals surface area contributed by atoms with Gasteiger partial charge in [0.05, 0.1) is 11.4 Å². The van der Waals surface area contributed by atoms with Gasteiger partial charge in [0, 0.05) is 16.5 Å². The van der Waals surface area contributed by atoms with Gasteiger partial charge in [-0.25, -0.2) is 9.97 Å². The van der Waals surface area contributed by atoms with Crippen LogP contribution in [0.3, 0.4) is 0 Å². The van der Waals surface area contributed by atoms with E-state index < -0.39 is 0 Å². The molecule has 0 bridgehead atoms. The molecule has 2 nitrogen and oxygen atoms in total. The van der Waals surface area contributed by atoms with Crippen LogP contribution in [0.25, 0.3) is 33.2 Å². The zero-order valence-electron chi connectivity index (χ0n) is 16.8. The third-order valence-electron chi connectivity index (χ3n) is 6.14. The van der Waals surface area contributed by atoms with Crippen LogP contribution < -0.4 is 0 Å². The Balaban J connectivity index is 1.83. The van der Waals surface area contributed by atoms with Crippen LogP contribution in [0, 0.1) is 0 Å². The average molecular weight is 364 g/mol. The lowest BCUT2D eigenvalue weighted by atomic mass is 9.84. The van der Waals surface area contributed by atoms with E-state index in [1.165, 1.54) is 33.0 Å². The molecule has 0 saturated heterocycles. The van der Waals surface area contributed by atoms with Crippen molar-refractivity contribution in [1.82, 2.24) is 9.97 Å². The fourth-order valence-corrected chi connectivity index (χ4v) is 4.53. The summed E-state index contributed by atoms with van der Waals surface area (Å²) in [6, 6.07) is 22.0. The lowest BCUT2D eigenvalue weighted by Gasteiger charge is -2.20. The van der Waals surface area contributed by atoms with Crippen LogP contribution in [-0.2, 0) is 5.41 Å². The van der Waals surface area contributed by atoms with Crippen molar-refractivity contribution in [1.29, 1.82) is 0 Å². The number of nitrogens with zero attached hydrogens (tertiary/aromatic N) is 2. The zero-order chi connectivity index (χ0) is 19.5. The van der Waals surface area contributed by atoms with E-state index in [4.69, 9.17) is 9.97 Å². The summed E-state index contributed by atoms with van der Waals surface area (Å²) in [6.07, 6.45) is 1.72. The van der Waals surface area contributed by atoms with Gasteiger partial charge in [0.25, 0.3) is 0 Å². The second-order valence-corrected chi connectivity index (χ2v) is 8.56. The highest BCUT2D eigenvalue weighted by atomic mass is 14.9. The van der Waals surface area contributed by atoms with E-state index in [-0.39, 0.29) is 5.41 Å². The molecule has 1 aromatic heterocycles. The molecule has 0 spiro atoms. The summed E-state index contributed by atoms with van der Waals surface area (Å²) in [5.74, 6) is 0.522. The SMILES string of the molecule is CC(C)c1ccc(-c2ncnc3c2-c2c(ccc4ccccc24)C3(C)C)cc1. The molecule has 0 fully saturated rings. The normalized spacial score (nSPS) is 14.3. The van der Waals surface area contributed by atoms with Crippen molar-refractivity contribution < 1.29 is 0 Å². The van der Waals surface area contributed by atoms with E-state index in [1.807, 2.05) is 0 Å². The first-order valence-corrected chi connectivity index (χ1v) is 9.97. The summed E-state index contributed by atoms with van der Waals surface area (Å²) in [5.41, 5.74) is 8.34. The first-order chi connectivity index (χ1) is 13.5. The maximum atomic E-state index is 4.76. The van der Waals surface area contributed by atoms with Gasteiger partial charge in [-0.15, -0.1) is 0 Å². The predicted molar refractivity (Wildman–Crippen MR) is 117 cm³/mol. The van der Waals surface area contributed by atoms with E-state index in [0.717, 1.165) is 17.0 Å². The largest absolute Gasteiger partial charge is 0.240 e. The van der Waals surface area contributed by atoms with Gasteiger partial charge >= 0.3 is 0 Å². The topological polar surface area (TPSA) is 25.8 Å². The van der Waals surface area contributed by atoms with Crippen LogP contribution in [0.4, 0.5) is 0 Å². The summed E-state index contributed by atoms with van der Waals surface area (Å²) in [7, 11) is 0. The highest BCUT2D eigenvalue weighted by molar-refractivity contribution is 6.05. The Kier molecular flexibility index (Phi) is 3.67. The molecular formula is C26H24N2. The number of aromatic nitrogens is 2. The van der Waals surface area contributed by atoms with Gasteiger partial charge in [0.2, 0.25) is 0 Å². The van der Waals surface area contributed by atoms with Gasteiger partial charge in [0.1, 0.15) is 6.33 Å². The highest BCUT2D eigenvalue weighted by Gasteiger charge is 2.39. The molecule has 1 heterocycles. The number of rotatable bonds is 2. The van der Waals surface area contributed by atoms with Crippen LogP contribution in [0.2, 0.25) is 0 Å². The van der Waals surface area contributed by atoms with Crippen molar-refractivity contribution in [2.24, 2.45) is 0 Å². The summed E-state index contributed by atoms with van der Waals surface area (Å²) in [6.45, 7) is 8.99. The van der Waals surface area contributed by atoms with Crippen LogP contribution in [0.1, 0.15) is 50.4 Å². The van der Waals surface area contributed by atoms with Crippen LogP contribution in [0.5, 0.6) is 0 Å². The zero-order valence-corrected chi connectivity index (χ0v) is 16.8. The Morgan fingerprint density at radius 3 is 2.29 bits per heavy atom. The van der Waals surface area contributed by atoms with Gasteiger partial charge in [-0.05, 0) is 33.4 Å². The molecule has 0 amide bonds. The van der Waals surface area contributed by atoms with Crippen molar-refractivity contribution >= 4 is 10.8 Å². The molecule has 1 aliphatic rings. The quantitative estimate of drug-likeness (QED) is 0.394. The summed E-state index contributed by atoms with van der Waals surface area (Å²) < 4.78 is 0. The summed E-state index contributed by atoms with van der Waals surface area (Å²) in [5, 5.41) is 2.54. The molecule has 2 heteroatoms. The van der Waals surface area contributed by atoms with E-state index in [2.05, 4.69) is 88.4 Å². The van der Waals surface area contributed by atoms with Gasteiger partial charge in [-0.1, -0.05) is 88.4 Å². The van der Waals surface area contributed by atoms with Crippen molar-refractivity contribution in [3.63, 3.8) is 0 Å². The maximum Gasteiger partial charge on any atom is 0.116 e. The summed E-state index contributed by atoms with van der Waals surface area (Å²) >= 11 is 0. The van der Waals surface area contributed by atoms with Gasteiger partial charge in [-0.2, -0.15) is 0 Å². The van der Waals surface area contributed by atoms with Crippen molar-refractivity contribution in [3.05, 3.63) is 83.8 Å². The Hall–Kier alpha value is -3.00. The van der Waals surface area contributed by atoms with E-state index >= 15 is 0 Å². The van der Waals surface area contributed by atoms with Crippen LogP contribution >= 0.6 is 0 Å². The average Bonchev–Trinajstić information content (AvgIpc) is 2.96. The third kappa shape index (κ3) is 2.34. The van der Waals surface area contributed by atoms with Crippen molar-refractivity contribution in [3.8, 4) is 22.4 Å². The minimum Gasteiger partial charge on any atom is -0.240 e. The molecule has 0 N–H and O–H groups in total. The second kappa shape index (κ2) is 6.00. The lowest BCUT2D eigenvalue weighted by Crippen LogP contribution is -2.16. The number of fused-ring (bicyclic) bond motifs is 5. The minimum absolute atomic E-state index is 0.135. The molecule has 0 saturated carbocycles. The molecule has 0 radical (unpaired) electrons. The first-order valence-electron chi connectivity index (χ1n) is 9.97. The smallest absolute Gasteiger partial charge is 0.116 e. The molecule has 4 aromatic rings. The monoisotopic (exact) mass is 364 g/mol. The molecule has 0 aliphatic heterocycles. The van der Waals surface area contributed by atoms with Gasteiger partial charge in [-0.3, -0.25) is 0 Å². The van der Waals surface area contributed by atoms with E-state index in [0.29, 0.717) is 5.92 Å². The Morgan fingerprint density at radius 2 is 1.54 bits per heavy atom. The molecule has 0 unspecified atom stereocenters.